The number of hydrogen-bond acceptors (Lipinski definition) is 0. The SMILES string of the molecule is CCCCCCCCCCC(C)(CCCCCC)[N+](C)(C)C. The van der Waals surface area contributed by atoms with Gasteiger partial charge >= 0.3 is 0 Å². The van der Waals surface area contributed by atoms with Gasteiger partial charge in [-0.15, -0.1) is 0 Å². The minimum Gasteiger partial charge on any atom is -0.326 e. The van der Waals surface area contributed by atoms with E-state index in [4.69, 9.17) is 0 Å². The Balaban J connectivity index is 3.94. The predicted octanol–water partition coefficient (Wildman–Crippen LogP) is 6.95. The first kappa shape index (κ1) is 22.0. The lowest BCUT2D eigenvalue weighted by Crippen LogP contribution is -2.55. The third-order valence-electron chi connectivity index (χ3n) is 5.76. The van der Waals surface area contributed by atoms with E-state index in [1.165, 1.54) is 89.9 Å². The predicted molar refractivity (Wildman–Crippen MR) is 102 cm³/mol. The fourth-order valence-electron chi connectivity index (χ4n) is 3.37. The van der Waals surface area contributed by atoms with Gasteiger partial charge in [0.1, 0.15) is 0 Å². The van der Waals surface area contributed by atoms with E-state index in [0.29, 0.717) is 5.54 Å². The van der Waals surface area contributed by atoms with E-state index in [9.17, 15) is 0 Å². The molecule has 22 heavy (non-hydrogen) atoms. The van der Waals surface area contributed by atoms with E-state index in [2.05, 4.69) is 41.9 Å². The molecule has 0 aromatic carbocycles. The van der Waals surface area contributed by atoms with Crippen molar-refractivity contribution in [2.75, 3.05) is 21.1 Å². The summed E-state index contributed by atoms with van der Waals surface area (Å²) >= 11 is 0. The normalized spacial score (nSPS) is 15.0. The highest BCUT2D eigenvalue weighted by molar-refractivity contribution is 4.75. The molecule has 0 aliphatic rings. The Labute approximate surface area is 142 Å². The minimum atomic E-state index is 0.468. The van der Waals surface area contributed by atoms with Crippen molar-refractivity contribution in [3.8, 4) is 0 Å². The lowest BCUT2D eigenvalue weighted by atomic mass is 9.85. The fourth-order valence-corrected chi connectivity index (χ4v) is 3.37. The second-order valence-electron chi connectivity index (χ2n) is 8.54. The topological polar surface area (TPSA) is 0 Å². The Kier molecular flexibility index (Phi) is 12.4. The van der Waals surface area contributed by atoms with Crippen molar-refractivity contribution < 1.29 is 4.48 Å². The van der Waals surface area contributed by atoms with Gasteiger partial charge < -0.3 is 4.48 Å². The zero-order valence-electron chi connectivity index (χ0n) is 16.8. The van der Waals surface area contributed by atoms with Crippen molar-refractivity contribution in [2.24, 2.45) is 0 Å². The van der Waals surface area contributed by atoms with Crippen LogP contribution in [-0.4, -0.2) is 31.2 Å². The fraction of sp³-hybridized carbons (Fsp3) is 1.00. The van der Waals surface area contributed by atoms with Crippen LogP contribution in [0.25, 0.3) is 0 Å². The number of rotatable bonds is 15. The van der Waals surface area contributed by atoms with Crippen molar-refractivity contribution in [3.05, 3.63) is 0 Å². The summed E-state index contributed by atoms with van der Waals surface area (Å²) in [6, 6.07) is 0. The molecule has 0 amide bonds. The van der Waals surface area contributed by atoms with Crippen LogP contribution in [-0.2, 0) is 0 Å². The first-order valence-corrected chi connectivity index (χ1v) is 10.2. The van der Waals surface area contributed by atoms with Gasteiger partial charge in [0.2, 0.25) is 0 Å². The molecule has 0 rings (SSSR count). The molecule has 0 radical (unpaired) electrons. The summed E-state index contributed by atoms with van der Waals surface area (Å²) in [7, 11) is 7.18. The van der Waals surface area contributed by atoms with Gasteiger partial charge in [0.15, 0.2) is 0 Å². The molecule has 0 saturated carbocycles. The Hall–Kier alpha value is -0.0400. The number of quaternary nitrogens is 1. The molecule has 0 saturated heterocycles. The van der Waals surface area contributed by atoms with Gasteiger partial charge in [-0.05, 0) is 19.8 Å². The molecule has 1 heteroatoms. The zero-order valence-corrected chi connectivity index (χ0v) is 16.8. The van der Waals surface area contributed by atoms with Crippen LogP contribution in [0.1, 0.15) is 111 Å². The molecule has 0 N–H and O–H groups in total. The van der Waals surface area contributed by atoms with Gasteiger partial charge in [-0.2, -0.15) is 0 Å². The Morgan fingerprint density at radius 1 is 0.545 bits per heavy atom. The summed E-state index contributed by atoms with van der Waals surface area (Å²) < 4.78 is 1.12. The largest absolute Gasteiger partial charge is 0.326 e. The molecule has 1 atom stereocenters. The lowest BCUT2D eigenvalue weighted by molar-refractivity contribution is -0.923. The number of nitrogens with zero attached hydrogens (tertiary/aromatic N) is 1. The highest BCUT2D eigenvalue weighted by atomic mass is 15.3. The highest BCUT2D eigenvalue weighted by Gasteiger charge is 2.36. The third-order valence-corrected chi connectivity index (χ3v) is 5.76. The number of unbranched alkanes of at least 4 members (excludes halogenated alkanes) is 10. The molecule has 0 aromatic heterocycles. The van der Waals surface area contributed by atoms with Crippen molar-refractivity contribution in [1.29, 1.82) is 0 Å². The molecule has 0 heterocycles. The van der Waals surface area contributed by atoms with Gasteiger partial charge in [-0.3, -0.25) is 0 Å². The summed E-state index contributed by atoms with van der Waals surface area (Å²) in [6.07, 6.45) is 19.9. The van der Waals surface area contributed by atoms with Crippen molar-refractivity contribution in [3.63, 3.8) is 0 Å². The minimum absolute atomic E-state index is 0.468. The van der Waals surface area contributed by atoms with Crippen LogP contribution < -0.4 is 0 Å². The molecule has 0 bridgehead atoms. The van der Waals surface area contributed by atoms with Crippen molar-refractivity contribution in [2.45, 2.75) is 116 Å². The smallest absolute Gasteiger partial charge is 0.0957 e. The van der Waals surface area contributed by atoms with Gasteiger partial charge in [0, 0.05) is 12.8 Å². The third kappa shape index (κ3) is 9.87. The van der Waals surface area contributed by atoms with Crippen molar-refractivity contribution >= 4 is 0 Å². The van der Waals surface area contributed by atoms with Crippen LogP contribution in [0.4, 0.5) is 0 Å². The van der Waals surface area contributed by atoms with Gasteiger partial charge in [-0.25, -0.2) is 0 Å². The molecule has 0 aromatic rings. The zero-order chi connectivity index (χ0) is 16.9. The van der Waals surface area contributed by atoms with Crippen LogP contribution >= 0.6 is 0 Å². The van der Waals surface area contributed by atoms with Gasteiger partial charge in [0.05, 0.1) is 26.7 Å². The van der Waals surface area contributed by atoms with Gasteiger partial charge in [0.25, 0.3) is 0 Å². The highest BCUT2D eigenvalue weighted by Crippen LogP contribution is 2.31. The van der Waals surface area contributed by atoms with Crippen LogP contribution in [0.15, 0.2) is 0 Å². The van der Waals surface area contributed by atoms with E-state index in [0.717, 1.165) is 4.48 Å². The first-order valence-electron chi connectivity index (χ1n) is 10.2. The maximum Gasteiger partial charge on any atom is 0.0957 e. The monoisotopic (exact) mass is 312 g/mol. The van der Waals surface area contributed by atoms with Crippen LogP contribution in [0.3, 0.4) is 0 Å². The van der Waals surface area contributed by atoms with E-state index in [-0.39, 0.29) is 0 Å². The lowest BCUT2D eigenvalue weighted by Gasteiger charge is -2.44. The van der Waals surface area contributed by atoms with Crippen LogP contribution in [0.5, 0.6) is 0 Å². The molecule has 0 aliphatic carbocycles. The molecule has 0 spiro atoms. The molecule has 0 fully saturated rings. The number of hydrogen-bond donors (Lipinski definition) is 0. The van der Waals surface area contributed by atoms with E-state index < -0.39 is 0 Å². The molecular weight excluding hydrogens is 266 g/mol. The summed E-state index contributed by atoms with van der Waals surface area (Å²) in [6.45, 7) is 7.13. The Bertz CT molecular complexity index is 241. The Morgan fingerprint density at radius 3 is 1.23 bits per heavy atom. The van der Waals surface area contributed by atoms with Gasteiger partial charge in [-0.1, -0.05) is 78.1 Å². The van der Waals surface area contributed by atoms with Crippen molar-refractivity contribution in [1.82, 2.24) is 0 Å². The molecule has 1 unspecified atom stereocenters. The second kappa shape index (κ2) is 12.4. The standard InChI is InChI=1S/C21H46N/c1-7-9-11-13-14-15-16-18-20-21(3,22(4,5)6)19-17-12-10-8-2/h7-20H2,1-6H3/q+1. The average molecular weight is 313 g/mol. The van der Waals surface area contributed by atoms with E-state index in [1.54, 1.807) is 0 Å². The molecule has 1 nitrogen and oxygen atoms in total. The molecule has 134 valence electrons. The average Bonchev–Trinajstić information content (AvgIpc) is 2.45. The maximum atomic E-state index is 2.53. The molecule has 0 aliphatic heterocycles. The van der Waals surface area contributed by atoms with E-state index in [1.807, 2.05) is 0 Å². The Morgan fingerprint density at radius 2 is 0.864 bits per heavy atom. The summed E-state index contributed by atoms with van der Waals surface area (Å²) in [5.41, 5.74) is 0.468. The summed E-state index contributed by atoms with van der Waals surface area (Å²) in [4.78, 5) is 0. The summed E-state index contributed by atoms with van der Waals surface area (Å²) in [5.74, 6) is 0. The molecular formula is C21H46N+. The second-order valence-corrected chi connectivity index (χ2v) is 8.54. The van der Waals surface area contributed by atoms with Crippen LogP contribution in [0, 0.1) is 0 Å². The maximum absolute atomic E-state index is 2.53. The van der Waals surface area contributed by atoms with E-state index >= 15 is 0 Å². The van der Waals surface area contributed by atoms with Crippen LogP contribution in [0.2, 0.25) is 0 Å². The summed E-state index contributed by atoms with van der Waals surface area (Å²) in [5, 5.41) is 0. The first-order chi connectivity index (χ1) is 10.4. The quantitative estimate of drug-likeness (QED) is 0.227.